The van der Waals surface area contributed by atoms with Crippen molar-refractivity contribution < 1.29 is 0 Å². The topological polar surface area (TPSA) is 39.7 Å². The second-order valence-electron chi connectivity index (χ2n) is 7.26. The van der Waals surface area contributed by atoms with Gasteiger partial charge in [-0.25, -0.2) is 0 Å². The number of nitrogens with zero attached hydrogens (tertiary/aromatic N) is 2. The Kier molecular flexibility index (Phi) is 8.06. The minimum atomic E-state index is 0.533. The lowest BCUT2D eigenvalue weighted by Gasteiger charge is -2.39. The van der Waals surface area contributed by atoms with Gasteiger partial charge < -0.3 is 10.6 Å². The summed E-state index contributed by atoms with van der Waals surface area (Å²) in [5, 5.41) is 9.20. The van der Waals surface area contributed by atoms with Crippen molar-refractivity contribution in [3.63, 3.8) is 0 Å². The van der Waals surface area contributed by atoms with Crippen LogP contribution >= 0.6 is 11.3 Å². The highest BCUT2D eigenvalue weighted by Gasteiger charge is 2.31. The fourth-order valence-electron chi connectivity index (χ4n) is 3.55. The maximum Gasteiger partial charge on any atom is 0.190 e. The van der Waals surface area contributed by atoms with Crippen molar-refractivity contribution in [2.75, 3.05) is 33.7 Å². The Morgan fingerprint density at radius 1 is 1.42 bits per heavy atom. The smallest absolute Gasteiger partial charge is 0.190 e. The number of piperidine rings is 1. The maximum atomic E-state index is 4.38. The number of likely N-dealkylation sites (tertiary alicyclic amines) is 1. The van der Waals surface area contributed by atoms with Gasteiger partial charge in [-0.3, -0.25) is 9.89 Å². The average molecular weight is 351 g/mol. The Morgan fingerprint density at radius 3 is 2.92 bits per heavy atom. The van der Waals surface area contributed by atoms with Crippen molar-refractivity contribution in [2.24, 2.45) is 16.8 Å². The van der Waals surface area contributed by atoms with Gasteiger partial charge in [0.05, 0.1) is 0 Å². The summed E-state index contributed by atoms with van der Waals surface area (Å²) in [7, 11) is 4.12. The molecule has 0 bridgehead atoms. The zero-order valence-electron chi connectivity index (χ0n) is 15.7. The summed E-state index contributed by atoms with van der Waals surface area (Å²) in [6.07, 6.45) is 5.02. The normalized spacial score (nSPS) is 22.8. The van der Waals surface area contributed by atoms with Crippen LogP contribution in [-0.2, 0) is 0 Å². The summed E-state index contributed by atoms with van der Waals surface area (Å²) in [6, 6.07) is 4.98. The molecule has 1 aromatic rings. The van der Waals surface area contributed by atoms with Gasteiger partial charge in [0.2, 0.25) is 0 Å². The van der Waals surface area contributed by atoms with Crippen LogP contribution in [0.5, 0.6) is 0 Å². The molecule has 1 aromatic heterocycles. The molecular weight excluding hydrogens is 316 g/mol. The summed E-state index contributed by atoms with van der Waals surface area (Å²) < 4.78 is 0. The van der Waals surface area contributed by atoms with E-state index in [1.807, 2.05) is 18.4 Å². The predicted octanol–water partition coefficient (Wildman–Crippen LogP) is 3.73. The second-order valence-corrected chi connectivity index (χ2v) is 8.24. The molecule has 0 aliphatic carbocycles. The van der Waals surface area contributed by atoms with Crippen molar-refractivity contribution in [2.45, 2.75) is 45.6 Å². The molecule has 1 aliphatic rings. The zero-order valence-corrected chi connectivity index (χ0v) is 16.5. The van der Waals surface area contributed by atoms with Crippen LogP contribution in [0.15, 0.2) is 22.5 Å². The van der Waals surface area contributed by atoms with Crippen LogP contribution in [0.25, 0.3) is 0 Å². The van der Waals surface area contributed by atoms with E-state index in [1.54, 1.807) is 0 Å². The van der Waals surface area contributed by atoms with E-state index in [0.717, 1.165) is 25.0 Å². The Balaban J connectivity index is 1.84. The molecule has 2 N–H and O–H groups in total. The number of hydrogen-bond acceptors (Lipinski definition) is 3. The number of aliphatic imine (C=N–C) groups is 1. The van der Waals surface area contributed by atoms with E-state index in [9.17, 15) is 0 Å². The standard InChI is InChI=1S/C19H34N4S/c1-15(2)8-5-11-21-19(20-3)22-14-16-9-6-12-23(4)18(16)17-10-7-13-24-17/h7,10,13,15-16,18H,5-6,8-9,11-12,14H2,1-4H3,(H2,20,21,22). The molecule has 136 valence electrons. The highest BCUT2D eigenvalue weighted by molar-refractivity contribution is 7.10. The summed E-state index contributed by atoms with van der Waals surface area (Å²) in [5.74, 6) is 2.35. The first-order valence-corrected chi connectivity index (χ1v) is 10.2. The van der Waals surface area contributed by atoms with Gasteiger partial charge in [0.15, 0.2) is 5.96 Å². The lowest BCUT2D eigenvalue weighted by atomic mass is 9.88. The second kappa shape index (κ2) is 10.0. The van der Waals surface area contributed by atoms with E-state index in [4.69, 9.17) is 0 Å². The molecule has 4 nitrogen and oxygen atoms in total. The lowest BCUT2D eigenvalue weighted by Crippen LogP contribution is -2.45. The van der Waals surface area contributed by atoms with Crippen LogP contribution in [0.4, 0.5) is 0 Å². The minimum Gasteiger partial charge on any atom is -0.356 e. The first kappa shape index (κ1) is 19.3. The van der Waals surface area contributed by atoms with Gasteiger partial charge in [-0.2, -0.15) is 0 Å². The fourth-order valence-corrected chi connectivity index (χ4v) is 4.53. The average Bonchev–Trinajstić information content (AvgIpc) is 3.08. The van der Waals surface area contributed by atoms with Gasteiger partial charge in [-0.1, -0.05) is 19.9 Å². The van der Waals surface area contributed by atoms with Crippen LogP contribution < -0.4 is 10.6 Å². The van der Waals surface area contributed by atoms with Gasteiger partial charge in [-0.05, 0) is 62.6 Å². The molecule has 0 spiro atoms. The largest absolute Gasteiger partial charge is 0.356 e. The SMILES string of the molecule is CN=C(NCCCC(C)C)NCC1CCCN(C)C1c1cccs1. The molecule has 0 aromatic carbocycles. The molecule has 2 rings (SSSR count). The molecule has 24 heavy (non-hydrogen) atoms. The van der Waals surface area contributed by atoms with Gasteiger partial charge in [0, 0.05) is 31.1 Å². The Bertz CT molecular complexity index is 484. The number of hydrogen-bond donors (Lipinski definition) is 2. The molecule has 2 heterocycles. The van der Waals surface area contributed by atoms with E-state index >= 15 is 0 Å². The quantitative estimate of drug-likeness (QED) is 0.447. The first-order valence-electron chi connectivity index (χ1n) is 9.30. The molecule has 0 saturated carbocycles. The van der Waals surface area contributed by atoms with Crippen molar-refractivity contribution in [1.82, 2.24) is 15.5 Å². The number of guanidine groups is 1. The fraction of sp³-hybridized carbons (Fsp3) is 0.737. The molecule has 2 atom stereocenters. The van der Waals surface area contributed by atoms with E-state index in [0.29, 0.717) is 12.0 Å². The molecule has 0 amide bonds. The van der Waals surface area contributed by atoms with Gasteiger partial charge in [0.25, 0.3) is 0 Å². The monoisotopic (exact) mass is 350 g/mol. The van der Waals surface area contributed by atoms with Gasteiger partial charge in [0.1, 0.15) is 0 Å². The van der Waals surface area contributed by atoms with Crippen molar-refractivity contribution in [3.05, 3.63) is 22.4 Å². The van der Waals surface area contributed by atoms with Gasteiger partial charge in [-0.15, -0.1) is 11.3 Å². The Labute approximate surface area is 151 Å². The van der Waals surface area contributed by atoms with Gasteiger partial charge >= 0.3 is 0 Å². The predicted molar refractivity (Wildman–Crippen MR) is 106 cm³/mol. The first-order chi connectivity index (χ1) is 11.6. The third-order valence-electron chi connectivity index (χ3n) is 4.85. The van der Waals surface area contributed by atoms with Crippen molar-refractivity contribution >= 4 is 17.3 Å². The summed E-state index contributed by atoms with van der Waals surface area (Å²) in [5.41, 5.74) is 0. The molecule has 1 fully saturated rings. The minimum absolute atomic E-state index is 0.533. The Morgan fingerprint density at radius 2 is 2.25 bits per heavy atom. The van der Waals surface area contributed by atoms with Crippen LogP contribution in [-0.4, -0.2) is 44.6 Å². The number of nitrogens with one attached hydrogen (secondary N) is 2. The van der Waals surface area contributed by atoms with Crippen LogP contribution in [0.1, 0.15) is 50.4 Å². The maximum absolute atomic E-state index is 4.38. The van der Waals surface area contributed by atoms with Crippen LogP contribution in [0.3, 0.4) is 0 Å². The lowest BCUT2D eigenvalue weighted by molar-refractivity contribution is 0.125. The zero-order chi connectivity index (χ0) is 17.4. The van der Waals surface area contributed by atoms with E-state index in [1.165, 1.54) is 37.1 Å². The Hall–Kier alpha value is -1.07. The number of thiophene rings is 1. The molecule has 1 saturated heterocycles. The van der Waals surface area contributed by atoms with E-state index < -0.39 is 0 Å². The van der Waals surface area contributed by atoms with Crippen LogP contribution in [0.2, 0.25) is 0 Å². The third kappa shape index (κ3) is 5.78. The molecule has 1 aliphatic heterocycles. The summed E-state index contributed by atoms with van der Waals surface area (Å²) >= 11 is 1.88. The van der Waals surface area contributed by atoms with Crippen LogP contribution in [0, 0.1) is 11.8 Å². The molecular formula is C19H34N4S. The highest BCUT2D eigenvalue weighted by Crippen LogP contribution is 2.36. The van der Waals surface area contributed by atoms with Crippen molar-refractivity contribution in [3.8, 4) is 0 Å². The molecule has 5 heteroatoms. The molecule has 0 radical (unpaired) electrons. The van der Waals surface area contributed by atoms with E-state index in [-0.39, 0.29) is 0 Å². The molecule has 2 unspecified atom stereocenters. The summed E-state index contributed by atoms with van der Waals surface area (Å²) in [4.78, 5) is 8.38. The summed E-state index contributed by atoms with van der Waals surface area (Å²) in [6.45, 7) is 7.73. The van der Waals surface area contributed by atoms with E-state index in [2.05, 4.69) is 58.9 Å². The third-order valence-corrected chi connectivity index (χ3v) is 5.79. The number of rotatable bonds is 7. The highest BCUT2D eigenvalue weighted by atomic mass is 32.1. The van der Waals surface area contributed by atoms with Crippen molar-refractivity contribution in [1.29, 1.82) is 0 Å².